The molecule has 1 aliphatic rings. The van der Waals surface area contributed by atoms with Crippen LogP contribution in [0.15, 0.2) is 41.3 Å². The molecule has 0 bridgehead atoms. The van der Waals surface area contributed by atoms with Crippen LogP contribution < -0.4 is 4.74 Å². The molecular weight excluding hydrogens is 407 g/mol. The van der Waals surface area contributed by atoms with E-state index in [1.807, 2.05) is 52.8 Å². The molecule has 0 radical (unpaired) electrons. The first-order valence-corrected chi connectivity index (χ1v) is 11.3. The summed E-state index contributed by atoms with van der Waals surface area (Å²) in [5.74, 6) is 1.04. The molecule has 0 spiro atoms. The Morgan fingerprint density at radius 1 is 1.12 bits per heavy atom. The van der Waals surface area contributed by atoms with Crippen LogP contribution in [0.4, 0.5) is 0 Å². The van der Waals surface area contributed by atoms with Crippen LogP contribution in [0.3, 0.4) is 0 Å². The maximum absolute atomic E-state index is 12.1. The van der Waals surface area contributed by atoms with Gasteiger partial charge in [-0.25, -0.2) is 0 Å². The summed E-state index contributed by atoms with van der Waals surface area (Å²) < 4.78 is 23.6. The Kier molecular flexibility index (Phi) is 8.60. The molecule has 32 heavy (non-hydrogen) atoms. The number of aliphatic hydroxyl groups excluding tert-OH is 1. The molecule has 1 fully saturated rings. The minimum absolute atomic E-state index is 0.104. The Balaban J connectivity index is 2.37. The van der Waals surface area contributed by atoms with E-state index in [-0.39, 0.29) is 18.1 Å². The fourth-order valence-electron chi connectivity index (χ4n) is 3.26. The summed E-state index contributed by atoms with van der Waals surface area (Å²) in [6.07, 6.45) is 3.31. The van der Waals surface area contributed by atoms with Gasteiger partial charge >= 0.3 is 13.1 Å². The number of allylic oxidation sites excluding steroid dienone is 4. The molecule has 2 rings (SSSR count). The molecule has 0 aromatic heterocycles. The summed E-state index contributed by atoms with van der Waals surface area (Å²) in [6, 6.07) is 5.84. The van der Waals surface area contributed by atoms with Crippen molar-refractivity contribution in [1.29, 1.82) is 0 Å². The number of carbonyl (C=O) groups excluding carboxylic acids is 1. The van der Waals surface area contributed by atoms with Crippen molar-refractivity contribution in [2.75, 3.05) is 6.61 Å². The van der Waals surface area contributed by atoms with Gasteiger partial charge in [-0.3, -0.25) is 4.79 Å². The Hall–Kier alpha value is -2.25. The maximum Gasteiger partial charge on any atom is 0.498 e. The minimum atomic E-state index is -0.712. The quantitative estimate of drug-likeness (QED) is 0.235. The molecule has 0 amide bonds. The molecule has 0 aliphatic carbocycles. The largest absolute Gasteiger partial charge is 0.513 e. The van der Waals surface area contributed by atoms with Crippen molar-refractivity contribution >= 4 is 13.1 Å². The van der Waals surface area contributed by atoms with Gasteiger partial charge < -0.3 is 23.9 Å². The number of rotatable bonds is 9. The van der Waals surface area contributed by atoms with Crippen molar-refractivity contribution in [2.45, 2.75) is 85.9 Å². The molecule has 0 atom stereocenters. The smallest absolute Gasteiger partial charge is 0.498 e. The molecule has 1 N–H and O–H groups in total. The number of esters is 1. The van der Waals surface area contributed by atoms with Crippen molar-refractivity contribution in [2.24, 2.45) is 0 Å². The first kappa shape index (κ1) is 26.0. The van der Waals surface area contributed by atoms with E-state index in [1.165, 1.54) is 0 Å². The first-order chi connectivity index (χ1) is 14.9. The molecule has 1 aromatic rings. The van der Waals surface area contributed by atoms with Crippen molar-refractivity contribution in [3.05, 3.63) is 52.4 Å². The van der Waals surface area contributed by atoms with Gasteiger partial charge in [-0.05, 0) is 65.7 Å². The lowest BCUT2D eigenvalue weighted by atomic mass is 9.76. The average molecular weight is 444 g/mol. The molecule has 0 saturated carbocycles. The SMILES string of the molecule is CCOC(=O)Cc1ccc(CC)cc1O/C(=C/C(B1OC(C)(C)C(C)(C)O1)=C(\C)O)CC. The van der Waals surface area contributed by atoms with Gasteiger partial charge in [-0.15, -0.1) is 0 Å². The highest BCUT2D eigenvalue weighted by Crippen LogP contribution is 2.39. The monoisotopic (exact) mass is 444 g/mol. The van der Waals surface area contributed by atoms with Crippen LogP contribution >= 0.6 is 0 Å². The topological polar surface area (TPSA) is 74.2 Å². The summed E-state index contributed by atoms with van der Waals surface area (Å²) in [4.78, 5) is 12.1. The van der Waals surface area contributed by atoms with E-state index < -0.39 is 18.3 Å². The molecule has 1 aromatic carbocycles. The van der Waals surface area contributed by atoms with Crippen LogP contribution in [0.2, 0.25) is 0 Å². The van der Waals surface area contributed by atoms with Crippen LogP contribution in [0, 0.1) is 0 Å². The van der Waals surface area contributed by atoms with E-state index in [0.29, 0.717) is 30.0 Å². The highest BCUT2D eigenvalue weighted by molar-refractivity contribution is 6.55. The van der Waals surface area contributed by atoms with Crippen LogP contribution in [-0.4, -0.2) is 36.0 Å². The van der Waals surface area contributed by atoms with Crippen molar-refractivity contribution in [1.82, 2.24) is 0 Å². The maximum atomic E-state index is 12.1. The van der Waals surface area contributed by atoms with E-state index in [1.54, 1.807) is 19.9 Å². The predicted molar refractivity (Wildman–Crippen MR) is 127 cm³/mol. The molecule has 176 valence electrons. The first-order valence-electron chi connectivity index (χ1n) is 11.3. The Morgan fingerprint density at radius 2 is 1.75 bits per heavy atom. The number of carbonyl (C=O) groups is 1. The number of aryl methyl sites for hydroxylation is 1. The molecule has 6 nitrogen and oxygen atoms in total. The zero-order chi connectivity index (χ0) is 24.1. The third kappa shape index (κ3) is 6.17. The third-order valence-electron chi connectivity index (χ3n) is 6.01. The zero-order valence-corrected chi connectivity index (χ0v) is 20.7. The number of ether oxygens (including phenoxy) is 2. The van der Waals surface area contributed by atoms with Crippen molar-refractivity contribution in [3.63, 3.8) is 0 Å². The van der Waals surface area contributed by atoms with Gasteiger partial charge in [0, 0.05) is 17.5 Å². The van der Waals surface area contributed by atoms with E-state index in [9.17, 15) is 9.90 Å². The summed E-state index contributed by atoms with van der Waals surface area (Å²) in [7, 11) is -0.712. The van der Waals surface area contributed by atoms with Gasteiger partial charge in [0.05, 0.1) is 30.0 Å². The Labute approximate surface area is 192 Å². The van der Waals surface area contributed by atoms with Crippen molar-refractivity contribution < 1.29 is 28.7 Å². The minimum Gasteiger partial charge on any atom is -0.513 e. The van der Waals surface area contributed by atoms with Gasteiger partial charge in [-0.1, -0.05) is 26.0 Å². The zero-order valence-electron chi connectivity index (χ0n) is 20.7. The Bertz CT molecular complexity index is 864. The summed E-state index contributed by atoms with van der Waals surface area (Å²) >= 11 is 0. The Morgan fingerprint density at radius 3 is 2.25 bits per heavy atom. The van der Waals surface area contributed by atoms with Gasteiger partial charge in [0.2, 0.25) is 0 Å². The second kappa shape index (κ2) is 10.6. The van der Waals surface area contributed by atoms with Crippen LogP contribution in [0.25, 0.3) is 0 Å². The number of benzene rings is 1. The van der Waals surface area contributed by atoms with Gasteiger partial charge in [-0.2, -0.15) is 0 Å². The lowest BCUT2D eigenvalue weighted by Crippen LogP contribution is -2.41. The van der Waals surface area contributed by atoms with E-state index in [4.69, 9.17) is 18.8 Å². The molecule has 1 heterocycles. The second-order valence-electron chi connectivity index (χ2n) is 8.97. The summed E-state index contributed by atoms with van der Waals surface area (Å²) in [5, 5.41) is 10.4. The van der Waals surface area contributed by atoms with Gasteiger partial charge in [0.15, 0.2) is 0 Å². The summed E-state index contributed by atoms with van der Waals surface area (Å²) in [6.45, 7) is 15.6. The van der Waals surface area contributed by atoms with E-state index >= 15 is 0 Å². The molecule has 7 heteroatoms. The van der Waals surface area contributed by atoms with Gasteiger partial charge in [0.1, 0.15) is 11.5 Å². The van der Waals surface area contributed by atoms with E-state index in [2.05, 4.69) is 6.92 Å². The molecular formula is C25H37BO6. The fourth-order valence-corrected chi connectivity index (χ4v) is 3.26. The third-order valence-corrected chi connectivity index (χ3v) is 6.01. The standard InChI is InChI=1S/C25H37BO6/c1-9-18-12-13-19(15-23(28)29-11-3)22(14-18)30-20(10-2)16-21(17(4)27)26-31-24(5,6)25(7,8)32-26/h12-14,16,27H,9-11,15H2,1-8H3/b20-16+,21-17-. The normalized spacial score (nSPS) is 18.4. The number of hydrogen-bond acceptors (Lipinski definition) is 6. The van der Waals surface area contributed by atoms with Crippen LogP contribution in [-0.2, 0) is 31.7 Å². The second-order valence-corrected chi connectivity index (χ2v) is 8.97. The fraction of sp³-hybridized carbons (Fsp3) is 0.560. The number of aliphatic hydroxyl groups is 1. The van der Waals surface area contributed by atoms with Crippen LogP contribution in [0.1, 0.15) is 72.9 Å². The number of hydrogen-bond donors (Lipinski definition) is 1. The lowest BCUT2D eigenvalue weighted by Gasteiger charge is -2.32. The molecule has 0 unspecified atom stereocenters. The predicted octanol–water partition coefficient (Wildman–Crippen LogP) is 5.49. The highest BCUT2D eigenvalue weighted by Gasteiger charge is 2.52. The molecule has 1 aliphatic heterocycles. The van der Waals surface area contributed by atoms with Crippen molar-refractivity contribution in [3.8, 4) is 5.75 Å². The summed E-state index contributed by atoms with van der Waals surface area (Å²) in [5.41, 5.74) is 1.31. The van der Waals surface area contributed by atoms with Gasteiger partial charge in [0.25, 0.3) is 0 Å². The van der Waals surface area contributed by atoms with Crippen LogP contribution in [0.5, 0.6) is 5.75 Å². The highest BCUT2D eigenvalue weighted by atomic mass is 16.7. The average Bonchev–Trinajstić information content (AvgIpc) is 2.92. The van der Waals surface area contributed by atoms with E-state index in [0.717, 1.165) is 17.5 Å². The lowest BCUT2D eigenvalue weighted by molar-refractivity contribution is -0.142. The molecule has 1 saturated heterocycles.